The van der Waals surface area contributed by atoms with Crippen molar-refractivity contribution in [1.82, 2.24) is 5.32 Å². The summed E-state index contributed by atoms with van der Waals surface area (Å²) in [6.45, 7) is 3.95. The summed E-state index contributed by atoms with van der Waals surface area (Å²) in [5.41, 5.74) is 0.779. The highest BCUT2D eigenvalue weighted by molar-refractivity contribution is 5.94. The summed E-state index contributed by atoms with van der Waals surface area (Å²) in [7, 11) is 4.41. The van der Waals surface area contributed by atoms with Crippen molar-refractivity contribution in [1.29, 1.82) is 0 Å². The van der Waals surface area contributed by atoms with Crippen LogP contribution in [0.25, 0.3) is 6.08 Å². The first kappa shape index (κ1) is 19.5. The van der Waals surface area contributed by atoms with Gasteiger partial charge in [-0.15, -0.1) is 0 Å². The fourth-order valence-electron chi connectivity index (χ4n) is 2.18. The van der Waals surface area contributed by atoms with Gasteiger partial charge >= 0.3 is 5.97 Å². The Hall–Kier alpha value is -2.50. The second-order valence-corrected chi connectivity index (χ2v) is 5.66. The molecule has 0 bridgehead atoms. The molecule has 1 amide bonds. The minimum Gasteiger partial charge on any atom is -0.493 e. The molecule has 0 aliphatic rings. The maximum Gasteiger partial charge on any atom is 0.328 e. The first-order valence-electron chi connectivity index (χ1n) is 7.69. The lowest BCUT2D eigenvalue weighted by atomic mass is 10.0. The molecule has 1 aromatic rings. The molecule has 132 valence electrons. The number of esters is 1. The van der Waals surface area contributed by atoms with Gasteiger partial charge in [0.15, 0.2) is 11.5 Å². The summed E-state index contributed by atoms with van der Waals surface area (Å²) in [4.78, 5) is 23.8. The lowest BCUT2D eigenvalue weighted by Gasteiger charge is -2.17. The Balaban J connectivity index is 2.78. The van der Waals surface area contributed by atoms with Crippen LogP contribution >= 0.6 is 0 Å². The molecule has 0 spiro atoms. The first-order chi connectivity index (χ1) is 11.4. The van der Waals surface area contributed by atoms with Gasteiger partial charge in [-0.05, 0) is 36.1 Å². The summed E-state index contributed by atoms with van der Waals surface area (Å²) in [5.74, 6) is 0.635. The summed E-state index contributed by atoms with van der Waals surface area (Å²) in [6, 6.07) is 4.66. The smallest absolute Gasteiger partial charge is 0.328 e. The van der Waals surface area contributed by atoms with Crippen LogP contribution in [-0.2, 0) is 14.3 Å². The van der Waals surface area contributed by atoms with Crippen LogP contribution < -0.4 is 14.8 Å². The van der Waals surface area contributed by atoms with Crippen molar-refractivity contribution in [2.45, 2.75) is 26.3 Å². The molecule has 0 aliphatic carbocycles. The molecule has 1 unspecified atom stereocenters. The van der Waals surface area contributed by atoms with E-state index in [9.17, 15) is 9.59 Å². The van der Waals surface area contributed by atoms with Gasteiger partial charge in [0, 0.05) is 6.08 Å². The number of rotatable bonds is 8. The molecule has 6 nitrogen and oxygen atoms in total. The molecule has 0 saturated heterocycles. The van der Waals surface area contributed by atoms with Gasteiger partial charge in [-0.3, -0.25) is 4.79 Å². The topological polar surface area (TPSA) is 73.9 Å². The van der Waals surface area contributed by atoms with Crippen LogP contribution in [0.4, 0.5) is 0 Å². The number of nitrogens with one attached hydrogen (secondary N) is 1. The third-order valence-electron chi connectivity index (χ3n) is 3.34. The van der Waals surface area contributed by atoms with Crippen molar-refractivity contribution < 1.29 is 23.8 Å². The molecule has 0 aromatic heterocycles. The van der Waals surface area contributed by atoms with Crippen molar-refractivity contribution in [3.8, 4) is 11.5 Å². The lowest BCUT2D eigenvalue weighted by Crippen LogP contribution is -2.41. The van der Waals surface area contributed by atoms with E-state index < -0.39 is 12.0 Å². The molecule has 0 heterocycles. The minimum atomic E-state index is -0.655. The Bertz CT molecular complexity index is 595. The molecule has 0 aliphatic heterocycles. The number of benzene rings is 1. The van der Waals surface area contributed by atoms with Crippen molar-refractivity contribution in [2.24, 2.45) is 5.92 Å². The Morgan fingerprint density at radius 2 is 1.79 bits per heavy atom. The second-order valence-electron chi connectivity index (χ2n) is 5.66. The predicted molar refractivity (Wildman–Crippen MR) is 92.0 cm³/mol. The fourth-order valence-corrected chi connectivity index (χ4v) is 2.18. The highest BCUT2D eigenvalue weighted by Crippen LogP contribution is 2.27. The van der Waals surface area contributed by atoms with Gasteiger partial charge in [-0.2, -0.15) is 0 Å². The molecule has 1 aromatic carbocycles. The van der Waals surface area contributed by atoms with E-state index in [1.807, 2.05) is 13.8 Å². The zero-order chi connectivity index (χ0) is 18.1. The van der Waals surface area contributed by atoms with Crippen molar-refractivity contribution >= 4 is 18.0 Å². The summed E-state index contributed by atoms with van der Waals surface area (Å²) in [5, 5.41) is 2.66. The van der Waals surface area contributed by atoms with Crippen LogP contribution in [0.1, 0.15) is 25.8 Å². The molecule has 0 radical (unpaired) electrons. The second kappa shape index (κ2) is 9.60. The average Bonchev–Trinajstić information content (AvgIpc) is 2.57. The van der Waals surface area contributed by atoms with E-state index in [4.69, 9.17) is 14.2 Å². The number of hydrogen-bond acceptors (Lipinski definition) is 5. The predicted octanol–water partition coefficient (Wildman–Crippen LogP) is 2.42. The molecular weight excluding hydrogens is 310 g/mol. The fraction of sp³-hybridized carbons (Fsp3) is 0.444. The van der Waals surface area contributed by atoms with Crippen molar-refractivity contribution in [2.75, 3.05) is 21.3 Å². The number of carbonyl (C=O) groups is 2. The molecule has 24 heavy (non-hydrogen) atoms. The molecule has 1 N–H and O–H groups in total. The van der Waals surface area contributed by atoms with Crippen LogP contribution in [0, 0.1) is 5.92 Å². The summed E-state index contributed by atoms with van der Waals surface area (Å²) < 4.78 is 15.1. The third kappa shape index (κ3) is 5.95. The van der Waals surface area contributed by atoms with Crippen LogP contribution in [0.3, 0.4) is 0 Å². The quantitative estimate of drug-likeness (QED) is 0.583. The highest BCUT2D eigenvalue weighted by atomic mass is 16.5. The van der Waals surface area contributed by atoms with Crippen molar-refractivity contribution in [3.05, 3.63) is 29.8 Å². The van der Waals surface area contributed by atoms with Gasteiger partial charge in [0.25, 0.3) is 0 Å². The van der Waals surface area contributed by atoms with Gasteiger partial charge in [0.1, 0.15) is 6.04 Å². The zero-order valence-corrected chi connectivity index (χ0v) is 14.8. The zero-order valence-electron chi connectivity index (χ0n) is 14.8. The van der Waals surface area contributed by atoms with Gasteiger partial charge in [-0.1, -0.05) is 19.9 Å². The van der Waals surface area contributed by atoms with E-state index in [0.29, 0.717) is 17.9 Å². The largest absolute Gasteiger partial charge is 0.493 e. The van der Waals surface area contributed by atoms with E-state index in [-0.39, 0.29) is 11.8 Å². The molecule has 0 saturated carbocycles. The van der Waals surface area contributed by atoms with Crippen LogP contribution in [0.15, 0.2) is 24.3 Å². The number of amides is 1. The Labute approximate surface area is 142 Å². The normalized spacial score (nSPS) is 12.1. The number of carbonyl (C=O) groups excluding carboxylic acids is 2. The first-order valence-corrected chi connectivity index (χ1v) is 7.69. The van der Waals surface area contributed by atoms with Crippen LogP contribution in [0.2, 0.25) is 0 Å². The van der Waals surface area contributed by atoms with Crippen LogP contribution in [0.5, 0.6) is 11.5 Å². The van der Waals surface area contributed by atoms with Crippen molar-refractivity contribution in [3.63, 3.8) is 0 Å². The van der Waals surface area contributed by atoms with E-state index >= 15 is 0 Å². The van der Waals surface area contributed by atoms with Gasteiger partial charge in [0.2, 0.25) is 5.91 Å². The highest BCUT2D eigenvalue weighted by Gasteiger charge is 2.21. The standard InChI is InChI=1S/C18H25NO5/c1-12(2)10-14(18(21)24-5)19-17(20)9-7-13-6-8-15(22-3)16(11-13)23-4/h6-9,11-12,14H,10H2,1-5H3,(H,19,20). The summed E-state index contributed by atoms with van der Waals surface area (Å²) >= 11 is 0. The Kier molecular flexibility index (Phi) is 7.82. The Morgan fingerprint density at radius 3 is 2.33 bits per heavy atom. The number of ether oxygens (including phenoxy) is 3. The molecule has 1 rings (SSSR count). The number of hydrogen-bond donors (Lipinski definition) is 1. The average molecular weight is 335 g/mol. The van der Waals surface area contributed by atoms with Crippen LogP contribution in [-0.4, -0.2) is 39.2 Å². The SMILES string of the molecule is COC(=O)C(CC(C)C)NC(=O)C=Cc1ccc(OC)c(OC)c1. The van der Waals surface area contributed by atoms with Gasteiger partial charge < -0.3 is 19.5 Å². The monoisotopic (exact) mass is 335 g/mol. The van der Waals surface area contributed by atoms with Gasteiger partial charge in [0.05, 0.1) is 21.3 Å². The van der Waals surface area contributed by atoms with Gasteiger partial charge in [-0.25, -0.2) is 4.79 Å². The summed E-state index contributed by atoms with van der Waals surface area (Å²) in [6.07, 6.45) is 3.53. The van der Waals surface area contributed by atoms with E-state index in [1.165, 1.54) is 13.2 Å². The van der Waals surface area contributed by atoms with E-state index in [0.717, 1.165) is 5.56 Å². The molecule has 0 fully saturated rings. The number of methoxy groups -OCH3 is 3. The maximum absolute atomic E-state index is 12.0. The minimum absolute atomic E-state index is 0.254. The van der Waals surface area contributed by atoms with E-state index in [1.54, 1.807) is 38.5 Å². The Morgan fingerprint density at radius 1 is 1.12 bits per heavy atom. The maximum atomic E-state index is 12.0. The molecule has 6 heteroatoms. The van der Waals surface area contributed by atoms with E-state index in [2.05, 4.69) is 5.32 Å². The molecular formula is C18H25NO5. The third-order valence-corrected chi connectivity index (χ3v) is 3.34. The lowest BCUT2D eigenvalue weighted by molar-refractivity contribution is -0.145. The molecule has 1 atom stereocenters.